The van der Waals surface area contributed by atoms with E-state index in [0.29, 0.717) is 0 Å². The minimum absolute atomic E-state index is 0.864. The first kappa shape index (κ1) is 9.86. The summed E-state index contributed by atoms with van der Waals surface area (Å²) >= 11 is 0. The van der Waals surface area contributed by atoms with E-state index in [1.54, 1.807) is 12.4 Å². The number of hydrogen-bond donors (Lipinski definition) is 1. The van der Waals surface area contributed by atoms with Crippen LogP contribution in [0.4, 0.5) is 0 Å². The fourth-order valence-corrected chi connectivity index (χ4v) is 1.36. The van der Waals surface area contributed by atoms with E-state index in [1.165, 1.54) is 5.56 Å². The summed E-state index contributed by atoms with van der Waals surface area (Å²) in [5.41, 5.74) is 1.21. The number of aromatic nitrogens is 3. The van der Waals surface area contributed by atoms with E-state index < -0.39 is 0 Å². The molecule has 0 saturated carbocycles. The monoisotopic (exact) mass is 202 g/mol. The van der Waals surface area contributed by atoms with Crippen molar-refractivity contribution in [3.05, 3.63) is 48.8 Å². The molecule has 2 aromatic heterocycles. The topological polar surface area (TPSA) is 42.7 Å². The molecule has 0 aliphatic heterocycles. The second kappa shape index (κ2) is 5.26. The first-order valence-corrected chi connectivity index (χ1v) is 5.00. The molecule has 4 nitrogen and oxygen atoms in total. The molecular weight excluding hydrogens is 188 g/mol. The second-order valence-electron chi connectivity index (χ2n) is 3.34. The third-order valence-corrected chi connectivity index (χ3v) is 2.16. The van der Waals surface area contributed by atoms with E-state index in [1.807, 2.05) is 24.8 Å². The molecule has 2 heterocycles. The molecule has 2 aromatic rings. The van der Waals surface area contributed by atoms with E-state index in [2.05, 4.69) is 25.9 Å². The van der Waals surface area contributed by atoms with Gasteiger partial charge in [-0.05, 0) is 11.6 Å². The van der Waals surface area contributed by atoms with Crippen molar-refractivity contribution in [2.45, 2.75) is 13.1 Å². The fourth-order valence-electron chi connectivity index (χ4n) is 1.36. The summed E-state index contributed by atoms with van der Waals surface area (Å²) in [6, 6.07) is 4.02. The van der Waals surface area contributed by atoms with Crippen molar-refractivity contribution in [2.75, 3.05) is 6.54 Å². The van der Waals surface area contributed by atoms with Gasteiger partial charge < -0.3 is 9.88 Å². The fraction of sp³-hybridized carbons (Fsp3) is 0.273. The Kier molecular flexibility index (Phi) is 3.46. The Bertz CT molecular complexity index is 369. The van der Waals surface area contributed by atoms with Crippen LogP contribution in [0, 0.1) is 0 Å². The minimum Gasteiger partial charge on any atom is -0.336 e. The average Bonchev–Trinajstić information content (AvgIpc) is 2.79. The Hall–Kier alpha value is -1.68. The Morgan fingerprint density at radius 2 is 2.27 bits per heavy atom. The van der Waals surface area contributed by atoms with Crippen molar-refractivity contribution < 1.29 is 0 Å². The zero-order chi connectivity index (χ0) is 10.3. The van der Waals surface area contributed by atoms with Gasteiger partial charge in [0, 0.05) is 44.4 Å². The summed E-state index contributed by atoms with van der Waals surface area (Å²) in [5, 5.41) is 3.35. The van der Waals surface area contributed by atoms with Crippen molar-refractivity contribution in [2.24, 2.45) is 0 Å². The molecule has 0 aliphatic rings. The number of rotatable bonds is 5. The molecule has 0 atom stereocenters. The van der Waals surface area contributed by atoms with Gasteiger partial charge in [0.05, 0.1) is 6.33 Å². The summed E-state index contributed by atoms with van der Waals surface area (Å²) in [4.78, 5) is 8.04. The van der Waals surface area contributed by atoms with E-state index in [-0.39, 0.29) is 0 Å². The third-order valence-electron chi connectivity index (χ3n) is 2.16. The van der Waals surface area contributed by atoms with Crippen molar-refractivity contribution in [3.63, 3.8) is 0 Å². The third kappa shape index (κ3) is 3.18. The predicted molar refractivity (Wildman–Crippen MR) is 58.2 cm³/mol. The standard InChI is InChI=1S/C11H14N4/c1-2-11(8-12-3-1)9-13-4-6-15-7-5-14-10-15/h1-3,5,7-8,10,13H,4,6,9H2. The summed E-state index contributed by atoms with van der Waals surface area (Å²) in [5.74, 6) is 0. The van der Waals surface area contributed by atoms with E-state index in [0.717, 1.165) is 19.6 Å². The molecule has 0 radical (unpaired) electrons. The van der Waals surface area contributed by atoms with Crippen LogP contribution in [0.3, 0.4) is 0 Å². The molecule has 0 bridgehead atoms. The van der Waals surface area contributed by atoms with Crippen molar-refractivity contribution in [1.29, 1.82) is 0 Å². The zero-order valence-corrected chi connectivity index (χ0v) is 8.50. The number of nitrogens with zero attached hydrogens (tertiary/aromatic N) is 3. The molecule has 0 aromatic carbocycles. The van der Waals surface area contributed by atoms with Crippen LogP contribution in [0.5, 0.6) is 0 Å². The highest BCUT2D eigenvalue weighted by molar-refractivity contribution is 5.07. The lowest BCUT2D eigenvalue weighted by Crippen LogP contribution is -2.18. The molecule has 15 heavy (non-hydrogen) atoms. The second-order valence-corrected chi connectivity index (χ2v) is 3.34. The number of imidazole rings is 1. The van der Waals surface area contributed by atoms with Gasteiger partial charge in [-0.1, -0.05) is 6.07 Å². The number of pyridine rings is 1. The van der Waals surface area contributed by atoms with E-state index in [9.17, 15) is 0 Å². The zero-order valence-electron chi connectivity index (χ0n) is 8.50. The van der Waals surface area contributed by atoms with Crippen LogP contribution in [0.15, 0.2) is 43.2 Å². The minimum atomic E-state index is 0.864. The molecule has 1 N–H and O–H groups in total. The lowest BCUT2D eigenvalue weighted by Gasteiger charge is -2.04. The van der Waals surface area contributed by atoms with Crippen LogP contribution in [0.25, 0.3) is 0 Å². The smallest absolute Gasteiger partial charge is 0.0946 e. The highest BCUT2D eigenvalue weighted by Crippen LogP contribution is 1.93. The van der Waals surface area contributed by atoms with Crippen LogP contribution in [0.2, 0.25) is 0 Å². The van der Waals surface area contributed by atoms with Crippen LogP contribution in [0.1, 0.15) is 5.56 Å². The van der Waals surface area contributed by atoms with Gasteiger partial charge in [-0.3, -0.25) is 4.98 Å². The molecule has 0 unspecified atom stereocenters. The Balaban J connectivity index is 1.68. The van der Waals surface area contributed by atoms with Crippen LogP contribution in [-0.2, 0) is 13.1 Å². The molecule has 0 saturated heterocycles. The maximum absolute atomic E-state index is 4.06. The van der Waals surface area contributed by atoms with Crippen molar-refractivity contribution in [3.8, 4) is 0 Å². The molecule has 0 spiro atoms. The maximum atomic E-state index is 4.06. The van der Waals surface area contributed by atoms with Gasteiger partial charge in [-0.25, -0.2) is 4.98 Å². The number of nitrogens with one attached hydrogen (secondary N) is 1. The maximum Gasteiger partial charge on any atom is 0.0946 e. The Morgan fingerprint density at radius 1 is 1.27 bits per heavy atom. The Morgan fingerprint density at radius 3 is 3.00 bits per heavy atom. The van der Waals surface area contributed by atoms with Gasteiger partial charge in [-0.2, -0.15) is 0 Å². The highest BCUT2D eigenvalue weighted by Gasteiger charge is 1.92. The van der Waals surface area contributed by atoms with Gasteiger partial charge in [0.2, 0.25) is 0 Å². The van der Waals surface area contributed by atoms with Crippen molar-refractivity contribution >= 4 is 0 Å². The molecule has 0 amide bonds. The largest absolute Gasteiger partial charge is 0.336 e. The first-order valence-electron chi connectivity index (χ1n) is 5.00. The lowest BCUT2D eigenvalue weighted by atomic mass is 10.3. The van der Waals surface area contributed by atoms with Crippen LogP contribution in [-0.4, -0.2) is 21.1 Å². The SMILES string of the molecule is c1cncc(CNCCn2ccnc2)c1. The van der Waals surface area contributed by atoms with Crippen molar-refractivity contribution in [1.82, 2.24) is 19.9 Å². The summed E-state index contributed by atoms with van der Waals surface area (Å²) in [6.07, 6.45) is 9.25. The van der Waals surface area contributed by atoms with Gasteiger partial charge >= 0.3 is 0 Å². The summed E-state index contributed by atoms with van der Waals surface area (Å²) < 4.78 is 2.05. The average molecular weight is 202 g/mol. The lowest BCUT2D eigenvalue weighted by molar-refractivity contribution is 0.597. The normalized spacial score (nSPS) is 10.4. The van der Waals surface area contributed by atoms with Crippen LogP contribution < -0.4 is 5.32 Å². The van der Waals surface area contributed by atoms with E-state index >= 15 is 0 Å². The quantitative estimate of drug-likeness (QED) is 0.737. The molecule has 0 fully saturated rings. The molecule has 78 valence electrons. The van der Waals surface area contributed by atoms with Gasteiger partial charge in [0.1, 0.15) is 0 Å². The molecule has 4 heteroatoms. The summed E-state index contributed by atoms with van der Waals surface area (Å²) in [6.45, 7) is 2.74. The van der Waals surface area contributed by atoms with Gasteiger partial charge in [0.15, 0.2) is 0 Å². The van der Waals surface area contributed by atoms with E-state index in [4.69, 9.17) is 0 Å². The highest BCUT2D eigenvalue weighted by atomic mass is 15.0. The first-order chi connectivity index (χ1) is 7.45. The van der Waals surface area contributed by atoms with Crippen LogP contribution >= 0.6 is 0 Å². The molecule has 2 rings (SSSR count). The van der Waals surface area contributed by atoms with Gasteiger partial charge in [-0.15, -0.1) is 0 Å². The number of hydrogen-bond acceptors (Lipinski definition) is 3. The summed E-state index contributed by atoms with van der Waals surface area (Å²) in [7, 11) is 0. The molecular formula is C11H14N4. The molecule has 0 aliphatic carbocycles. The predicted octanol–water partition coefficient (Wildman–Crippen LogP) is 1.07. The van der Waals surface area contributed by atoms with Gasteiger partial charge in [0.25, 0.3) is 0 Å². The Labute approximate surface area is 89.0 Å².